The predicted molar refractivity (Wildman–Crippen MR) is 122 cm³/mol. The van der Waals surface area contributed by atoms with Gasteiger partial charge in [-0.05, 0) is 0 Å². The van der Waals surface area contributed by atoms with Crippen LogP contribution >= 0.6 is 0 Å². The first kappa shape index (κ1) is 19.5. The number of aromatic nitrogens is 3. The van der Waals surface area contributed by atoms with E-state index in [4.69, 9.17) is 4.98 Å². The van der Waals surface area contributed by atoms with Gasteiger partial charge in [-0.2, -0.15) is 0 Å². The van der Waals surface area contributed by atoms with Crippen molar-refractivity contribution in [3.63, 3.8) is 0 Å². The van der Waals surface area contributed by atoms with E-state index in [0.717, 1.165) is 10.2 Å². The molecule has 0 amide bonds. The van der Waals surface area contributed by atoms with Crippen molar-refractivity contribution in [3.8, 4) is 0 Å². The number of rotatable bonds is 4. The first-order valence-electron chi connectivity index (χ1n) is 9.90. The van der Waals surface area contributed by atoms with Gasteiger partial charge in [0.05, 0.1) is 0 Å². The first-order valence-corrected chi connectivity index (χ1v) is 14.1. The second-order valence-electron chi connectivity index (χ2n) is 8.26. The molecule has 3 nitrogen and oxygen atoms in total. The fraction of sp³-hybridized carbons (Fsp3) is 0.160. The molecule has 1 heterocycles. The Balaban J connectivity index is 2.20. The SMILES string of the molecule is CC(C)(C)c1nncn[c]1[Ge]([c]1ccccc1)([c]1ccccc1)[c]1ccccc1. The predicted octanol–water partition coefficient (Wildman–Crippen LogP) is 2.55. The van der Waals surface area contributed by atoms with Crippen molar-refractivity contribution >= 4 is 31.0 Å². The van der Waals surface area contributed by atoms with E-state index in [9.17, 15) is 0 Å². The van der Waals surface area contributed by atoms with Gasteiger partial charge in [0.25, 0.3) is 0 Å². The third-order valence-electron chi connectivity index (χ3n) is 5.31. The Labute approximate surface area is 175 Å². The molecule has 29 heavy (non-hydrogen) atoms. The van der Waals surface area contributed by atoms with Crippen molar-refractivity contribution in [3.05, 3.63) is 103 Å². The van der Waals surface area contributed by atoms with Crippen molar-refractivity contribution in [2.75, 3.05) is 0 Å². The van der Waals surface area contributed by atoms with Gasteiger partial charge in [0.1, 0.15) is 0 Å². The molecule has 0 atom stereocenters. The van der Waals surface area contributed by atoms with Crippen molar-refractivity contribution in [1.29, 1.82) is 0 Å². The van der Waals surface area contributed by atoms with Crippen LogP contribution in [0, 0.1) is 0 Å². The van der Waals surface area contributed by atoms with Gasteiger partial charge in [0.15, 0.2) is 0 Å². The van der Waals surface area contributed by atoms with Crippen LogP contribution in [0.5, 0.6) is 0 Å². The van der Waals surface area contributed by atoms with E-state index < -0.39 is 13.3 Å². The summed E-state index contributed by atoms with van der Waals surface area (Å²) in [6, 6.07) is 32.6. The van der Waals surface area contributed by atoms with Crippen molar-refractivity contribution in [2.45, 2.75) is 26.2 Å². The summed E-state index contributed by atoms with van der Waals surface area (Å²) in [5, 5.41) is 8.80. The third kappa shape index (κ3) is 3.51. The maximum absolute atomic E-state index is 4.96. The quantitative estimate of drug-likeness (QED) is 0.458. The van der Waals surface area contributed by atoms with E-state index in [1.54, 1.807) is 6.33 Å². The van der Waals surface area contributed by atoms with Crippen LogP contribution in [0.15, 0.2) is 97.3 Å². The van der Waals surface area contributed by atoms with Crippen LogP contribution in [0.3, 0.4) is 0 Å². The molecule has 0 aliphatic rings. The van der Waals surface area contributed by atoms with Crippen LogP contribution in [0.2, 0.25) is 0 Å². The molecule has 0 N–H and O–H groups in total. The number of hydrogen-bond donors (Lipinski definition) is 0. The molecule has 4 rings (SSSR count). The molecule has 0 bridgehead atoms. The molecule has 0 saturated heterocycles. The summed E-state index contributed by atoms with van der Waals surface area (Å²) in [4.78, 5) is 4.96. The summed E-state index contributed by atoms with van der Waals surface area (Å²) >= 11 is -3.39. The van der Waals surface area contributed by atoms with Crippen LogP contribution in [-0.4, -0.2) is 28.4 Å². The summed E-state index contributed by atoms with van der Waals surface area (Å²) in [7, 11) is 0. The summed E-state index contributed by atoms with van der Waals surface area (Å²) in [6.45, 7) is 6.57. The van der Waals surface area contributed by atoms with Crippen LogP contribution in [0.4, 0.5) is 0 Å². The summed E-state index contributed by atoms with van der Waals surface area (Å²) in [5.74, 6) is 0. The molecule has 4 aromatic rings. The molecule has 0 unspecified atom stereocenters. The Hall–Kier alpha value is -2.79. The Morgan fingerprint density at radius 2 is 1.03 bits per heavy atom. The van der Waals surface area contributed by atoms with Crippen molar-refractivity contribution < 1.29 is 0 Å². The number of hydrogen-bond acceptors (Lipinski definition) is 3. The number of nitrogens with zero attached hydrogens (tertiary/aromatic N) is 3. The van der Waals surface area contributed by atoms with E-state index >= 15 is 0 Å². The molecule has 0 radical (unpaired) electrons. The second kappa shape index (κ2) is 7.92. The van der Waals surface area contributed by atoms with Gasteiger partial charge in [-0.25, -0.2) is 0 Å². The standard InChI is InChI=1S/C25H25GeN3/c1-25(2,3)23-24(27-19-28-29-23)26(20-13-7-4-8-14-20,21-15-9-5-10-16-21)22-17-11-6-12-18-22/h4-19H,1-3H3. The van der Waals surface area contributed by atoms with E-state index in [1.165, 1.54) is 13.2 Å². The Morgan fingerprint density at radius 1 is 0.621 bits per heavy atom. The molecular formula is C25H25GeN3. The minimum absolute atomic E-state index is 0.161. The molecule has 4 heteroatoms. The normalized spacial score (nSPS) is 12.0. The van der Waals surface area contributed by atoms with Crippen LogP contribution in [0.25, 0.3) is 0 Å². The maximum atomic E-state index is 4.96. The first-order chi connectivity index (χ1) is 14.0. The Kier molecular flexibility index (Phi) is 5.33. The van der Waals surface area contributed by atoms with Gasteiger partial charge in [-0.15, -0.1) is 0 Å². The number of benzene rings is 3. The average Bonchev–Trinajstić information content (AvgIpc) is 2.76. The van der Waals surface area contributed by atoms with Crippen LogP contribution < -0.4 is 17.7 Å². The molecule has 0 fully saturated rings. The Morgan fingerprint density at radius 3 is 1.41 bits per heavy atom. The average molecular weight is 440 g/mol. The zero-order valence-electron chi connectivity index (χ0n) is 17.1. The molecule has 0 spiro atoms. The second-order valence-corrected chi connectivity index (χ2v) is 16.0. The van der Waals surface area contributed by atoms with Crippen molar-refractivity contribution in [2.24, 2.45) is 0 Å². The van der Waals surface area contributed by atoms with Gasteiger partial charge < -0.3 is 0 Å². The zero-order chi connectivity index (χ0) is 20.3. The monoisotopic (exact) mass is 441 g/mol. The van der Waals surface area contributed by atoms with Gasteiger partial charge in [-0.1, -0.05) is 0 Å². The van der Waals surface area contributed by atoms with Crippen LogP contribution in [0.1, 0.15) is 26.5 Å². The van der Waals surface area contributed by atoms with Gasteiger partial charge in [0.2, 0.25) is 0 Å². The van der Waals surface area contributed by atoms with Crippen LogP contribution in [-0.2, 0) is 5.41 Å². The van der Waals surface area contributed by atoms with Gasteiger partial charge in [-0.3, -0.25) is 0 Å². The van der Waals surface area contributed by atoms with Gasteiger partial charge in [0, 0.05) is 0 Å². The fourth-order valence-corrected chi connectivity index (χ4v) is 14.4. The summed E-state index contributed by atoms with van der Waals surface area (Å²) < 4.78 is 5.14. The van der Waals surface area contributed by atoms with E-state index in [2.05, 4.69) is 122 Å². The molecule has 0 aliphatic carbocycles. The summed E-state index contributed by atoms with van der Waals surface area (Å²) in [6.07, 6.45) is 1.61. The van der Waals surface area contributed by atoms with Crippen molar-refractivity contribution in [1.82, 2.24) is 15.2 Å². The molecule has 0 aliphatic heterocycles. The zero-order valence-corrected chi connectivity index (χ0v) is 19.2. The van der Waals surface area contributed by atoms with Gasteiger partial charge >= 0.3 is 175 Å². The molecule has 1 aromatic heterocycles. The molecular weight excluding hydrogens is 415 g/mol. The third-order valence-corrected chi connectivity index (χ3v) is 15.1. The molecule has 3 aromatic carbocycles. The summed E-state index contributed by atoms with van der Waals surface area (Å²) in [5.41, 5.74) is 0.822. The Bertz CT molecular complexity index is 978. The topological polar surface area (TPSA) is 38.7 Å². The minimum atomic E-state index is -3.39. The molecule has 0 saturated carbocycles. The molecule has 144 valence electrons. The van der Waals surface area contributed by atoms with E-state index in [1.807, 2.05) is 0 Å². The van der Waals surface area contributed by atoms with E-state index in [0.29, 0.717) is 0 Å². The van der Waals surface area contributed by atoms with E-state index in [-0.39, 0.29) is 5.41 Å². The fourth-order valence-electron chi connectivity index (χ4n) is 4.03.